The average molecular weight is 440 g/mol. The zero-order valence-corrected chi connectivity index (χ0v) is 20.7. The van der Waals surface area contributed by atoms with Gasteiger partial charge in [-0.1, -0.05) is 103 Å². The van der Waals surface area contributed by atoms with Gasteiger partial charge in [-0.2, -0.15) is 0 Å². The predicted octanol–water partition coefficient (Wildman–Crippen LogP) is 6.45. The fourth-order valence-corrected chi connectivity index (χ4v) is 3.38. The molecule has 182 valence electrons. The van der Waals surface area contributed by atoms with Crippen LogP contribution < -0.4 is 0 Å². The molecule has 0 aromatic heterocycles. The molecule has 0 saturated carbocycles. The number of rotatable bonds is 22. The molecule has 5 nitrogen and oxygen atoms in total. The summed E-state index contributed by atoms with van der Waals surface area (Å²) in [5, 5.41) is 0. The number of carbonyl (C=O) groups excluding carboxylic acids is 2. The topological polar surface area (TPSA) is 55.8 Å². The highest BCUT2D eigenvalue weighted by molar-refractivity contribution is 5.91. The molecule has 31 heavy (non-hydrogen) atoms. The Kier molecular flexibility index (Phi) is 22.3. The number of carbonyl (C=O) groups is 2. The molecule has 0 bridgehead atoms. The smallest absolute Gasteiger partial charge is 0.331 e. The number of esters is 2. The van der Waals surface area contributed by atoms with Gasteiger partial charge in [0.15, 0.2) is 0 Å². The van der Waals surface area contributed by atoms with Gasteiger partial charge in [-0.25, -0.2) is 9.59 Å². The van der Waals surface area contributed by atoms with Gasteiger partial charge in [0.1, 0.15) is 6.61 Å². The second-order valence-electron chi connectivity index (χ2n) is 8.77. The third-order valence-electron chi connectivity index (χ3n) is 5.38. The Morgan fingerprint density at radius 1 is 0.581 bits per heavy atom. The third kappa shape index (κ3) is 24.8. The quantitative estimate of drug-likeness (QED) is 0.110. The van der Waals surface area contributed by atoms with Crippen molar-refractivity contribution in [3.8, 4) is 0 Å². The maximum absolute atomic E-state index is 11.6. The Morgan fingerprint density at radius 2 is 0.935 bits per heavy atom. The molecule has 0 rings (SSSR count). The number of hydrogen-bond acceptors (Lipinski definition) is 5. The van der Waals surface area contributed by atoms with E-state index in [0.29, 0.717) is 19.8 Å². The van der Waals surface area contributed by atoms with Crippen LogP contribution in [0.3, 0.4) is 0 Å². The van der Waals surface area contributed by atoms with Crippen LogP contribution in [0, 0.1) is 0 Å². The van der Waals surface area contributed by atoms with Crippen LogP contribution in [-0.2, 0) is 19.1 Å². The van der Waals surface area contributed by atoms with Crippen molar-refractivity contribution in [2.24, 2.45) is 0 Å². The molecule has 0 amide bonds. The van der Waals surface area contributed by atoms with Crippen LogP contribution in [0.2, 0.25) is 0 Å². The van der Waals surface area contributed by atoms with E-state index in [1.54, 1.807) is 0 Å². The molecule has 0 atom stereocenters. The molecule has 0 unspecified atom stereocenters. The van der Waals surface area contributed by atoms with E-state index in [9.17, 15) is 9.59 Å². The highest BCUT2D eigenvalue weighted by Gasteiger charge is 2.02. The summed E-state index contributed by atoms with van der Waals surface area (Å²) in [5.74, 6) is -0.994. The number of unbranched alkanes of at least 4 members (excludes halogenated alkanes) is 15. The van der Waals surface area contributed by atoms with Gasteiger partial charge in [0, 0.05) is 18.7 Å². The SMILES string of the molecule is CCCCCCCCCCCCCCCCCCOC(=O)/C=C/C(=O)OCCN(C)C. The summed E-state index contributed by atoms with van der Waals surface area (Å²) in [6.07, 6.45) is 23.4. The molecule has 0 fully saturated rings. The first-order valence-corrected chi connectivity index (χ1v) is 12.7. The van der Waals surface area contributed by atoms with Crippen LogP contribution in [0.15, 0.2) is 12.2 Å². The normalized spacial score (nSPS) is 11.4. The summed E-state index contributed by atoms with van der Waals surface area (Å²) in [5.41, 5.74) is 0. The van der Waals surface area contributed by atoms with Crippen LogP contribution in [0.1, 0.15) is 110 Å². The standard InChI is InChI=1S/C26H49NO4/c1-4-5-6-7-8-9-10-11-12-13-14-15-16-17-18-19-23-30-25(28)20-21-26(29)31-24-22-27(2)3/h20-21H,4-19,22-24H2,1-3H3/b21-20+. The Balaban J connectivity index is 3.31. The summed E-state index contributed by atoms with van der Waals surface area (Å²) in [7, 11) is 3.81. The lowest BCUT2D eigenvalue weighted by Gasteiger charge is -2.08. The molecule has 0 heterocycles. The second kappa shape index (κ2) is 23.3. The molecule has 5 heteroatoms. The average Bonchev–Trinajstić information content (AvgIpc) is 2.74. The first kappa shape index (κ1) is 29.6. The zero-order chi connectivity index (χ0) is 23.0. The van der Waals surface area contributed by atoms with E-state index < -0.39 is 11.9 Å². The highest BCUT2D eigenvalue weighted by Crippen LogP contribution is 2.13. The molecule has 0 aromatic carbocycles. The summed E-state index contributed by atoms with van der Waals surface area (Å²) in [6.45, 7) is 3.65. The van der Waals surface area contributed by atoms with Crippen molar-refractivity contribution < 1.29 is 19.1 Å². The predicted molar refractivity (Wildman–Crippen MR) is 129 cm³/mol. The van der Waals surface area contributed by atoms with Crippen molar-refractivity contribution in [3.05, 3.63) is 12.2 Å². The third-order valence-corrected chi connectivity index (χ3v) is 5.38. The molecular weight excluding hydrogens is 390 g/mol. The van der Waals surface area contributed by atoms with Crippen molar-refractivity contribution >= 4 is 11.9 Å². The fourth-order valence-electron chi connectivity index (χ4n) is 3.38. The first-order chi connectivity index (χ1) is 15.1. The monoisotopic (exact) mass is 439 g/mol. The summed E-state index contributed by atoms with van der Waals surface area (Å²) in [4.78, 5) is 24.9. The van der Waals surface area contributed by atoms with Gasteiger partial charge in [0.2, 0.25) is 0 Å². The fraction of sp³-hybridized carbons (Fsp3) is 0.846. The van der Waals surface area contributed by atoms with E-state index >= 15 is 0 Å². The van der Waals surface area contributed by atoms with Gasteiger partial charge >= 0.3 is 11.9 Å². The highest BCUT2D eigenvalue weighted by atomic mass is 16.5. The number of likely N-dealkylation sites (N-methyl/N-ethyl adjacent to an activating group) is 1. The maximum atomic E-state index is 11.6. The van der Waals surface area contributed by atoms with E-state index in [4.69, 9.17) is 9.47 Å². The molecule has 0 aliphatic carbocycles. The van der Waals surface area contributed by atoms with Crippen molar-refractivity contribution in [1.82, 2.24) is 4.90 Å². The van der Waals surface area contributed by atoms with Gasteiger partial charge in [-0.3, -0.25) is 0 Å². The van der Waals surface area contributed by atoms with Crippen LogP contribution in [0.25, 0.3) is 0 Å². The van der Waals surface area contributed by atoms with E-state index in [0.717, 1.165) is 25.0 Å². The minimum absolute atomic E-state index is 0.310. The number of nitrogens with zero attached hydrogens (tertiary/aromatic N) is 1. The van der Waals surface area contributed by atoms with Gasteiger partial charge in [-0.15, -0.1) is 0 Å². The van der Waals surface area contributed by atoms with Crippen LogP contribution in [0.4, 0.5) is 0 Å². The van der Waals surface area contributed by atoms with Crippen LogP contribution in [0.5, 0.6) is 0 Å². The number of ether oxygens (including phenoxy) is 2. The van der Waals surface area contributed by atoms with Gasteiger partial charge in [-0.05, 0) is 20.5 Å². The molecule has 0 radical (unpaired) electrons. The van der Waals surface area contributed by atoms with Crippen molar-refractivity contribution in [3.63, 3.8) is 0 Å². The number of hydrogen-bond donors (Lipinski definition) is 0. The lowest BCUT2D eigenvalue weighted by Crippen LogP contribution is -2.19. The second-order valence-corrected chi connectivity index (χ2v) is 8.77. The minimum atomic E-state index is -0.513. The maximum Gasteiger partial charge on any atom is 0.331 e. The van der Waals surface area contributed by atoms with E-state index in [1.807, 2.05) is 19.0 Å². The Morgan fingerprint density at radius 3 is 1.32 bits per heavy atom. The van der Waals surface area contributed by atoms with Crippen molar-refractivity contribution in [2.75, 3.05) is 33.9 Å². The van der Waals surface area contributed by atoms with E-state index in [2.05, 4.69) is 6.92 Å². The molecule has 0 spiro atoms. The molecule has 0 saturated heterocycles. The van der Waals surface area contributed by atoms with E-state index in [1.165, 1.54) is 89.9 Å². The van der Waals surface area contributed by atoms with Crippen LogP contribution in [-0.4, -0.2) is 50.7 Å². The minimum Gasteiger partial charge on any atom is -0.463 e. The summed E-state index contributed by atoms with van der Waals surface area (Å²) in [6, 6.07) is 0. The molecule has 0 aliphatic rings. The zero-order valence-electron chi connectivity index (χ0n) is 20.7. The molecule has 0 aliphatic heterocycles. The lowest BCUT2D eigenvalue weighted by molar-refractivity contribution is -0.140. The van der Waals surface area contributed by atoms with Gasteiger partial charge in [0.25, 0.3) is 0 Å². The Labute approximate surface area is 191 Å². The van der Waals surface area contributed by atoms with Gasteiger partial charge < -0.3 is 14.4 Å². The Bertz CT molecular complexity index is 449. The summed E-state index contributed by atoms with van der Waals surface area (Å²) >= 11 is 0. The van der Waals surface area contributed by atoms with Crippen molar-refractivity contribution in [1.29, 1.82) is 0 Å². The first-order valence-electron chi connectivity index (χ1n) is 12.7. The van der Waals surface area contributed by atoms with Gasteiger partial charge in [0.05, 0.1) is 6.61 Å². The van der Waals surface area contributed by atoms with Crippen LogP contribution >= 0.6 is 0 Å². The molecule has 0 N–H and O–H groups in total. The Hall–Kier alpha value is -1.36. The lowest BCUT2D eigenvalue weighted by atomic mass is 10.0. The van der Waals surface area contributed by atoms with Crippen molar-refractivity contribution in [2.45, 2.75) is 110 Å². The molecular formula is C26H49NO4. The van der Waals surface area contributed by atoms with E-state index in [-0.39, 0.29) is 0 Å². The summed E-state index contributed by atoms with van der Waals surface area (Å²) < 4.78 is 10.1. The largest absolute Gasteiger partial charge is 0.463 e. The molecule has 0 aromatic rings.